The molecule has 17 unspecified atom stereocenters. The number of amides is 3. The monoisotopic (exact) mass is 1550 g/mol. The van der Waals surface area contributed by atoms with Crippen LogP contribution in [0.15, 0.2) is 0 Å². The molecule has 106 heavy (non-hydrogen) atoms. The van der Waals surface area contributed by atoms with Gasteiger partial charge in [-0.2, -0.15) is 0 Å². The number of carbonyl (C=O) groups is 4. The van der Waals surface area contributed by atoms with E-state index in [0.29, 0.717) is 0 Å². The molecular formula is C61H101N3O42. The average molecular weight is 1550 g/mol. The molecule has 3 amide bonds. The van der Waals surface area contributed by atoms with E-state index in [1.54, 1.807) is 0 Å². The highest BCUT2D eigenvalue weighted by Crippen LogP contribution is 2.57. The summed E-state index contributed by atoms with van der Waals surface area (Å²) in [5, 5.41) is 252. The van der Waals surface area contributed by atoms with Gasteiger partial charge in [0.25, 0.3) is 6.47 Å². The van der Waals surface area contributed by atoms with Crippen molar-refractivity contribution in [3.8, 4) is 0 Å². The Morgan fingerprint density at radius 2 is 0.943 bits per heavy atom. The van der Waals surface area contributed by atoms with Crippen molar-refractivity contribution in [3.05, 3.63) is 0 Å². The van der Waals surface area contributed by atoms with Crippen molar-refractivity contribution in [3.63, 3.8) is 0 Å². The van der Waals surface area contributed by atoms with Gasteiger partial charge in [0.15, 0.2) is 37.7 Å². The lowest BCUT2D eigenvalue weighted by molar-refractivity contribution is -0.452. The van der Waals surface area contributed by atoms with Gasteiger partial charge in [0, 0.05) is 39.2 Å². The average Bonchev–Trinajstić information content (AvgIpc) is 1.52. The van der Waals surface area contributed by atoms with Gasteiger partial charge >= 0.3 is 5.97 Å². The van der Waals surface area contributed by atoms with E-state index in [2.05, 4.69) is 16.0 Å². The molecule has 0 aromatic rings. The Morgan fingerprint density at radius 3 is 1.45 bits per heavy atom. The van der Waals surface area contributed by atoms with Gasteiger partial charge in [0.05, 0.1) is 95.1 Å². The van der Waals surface area contributed by atoms with Crippen molar-refractivity contribution in [2.75, 3.05) is 52.9 Å². The van der Waals surface area contributed by atoms with Crippen molar-refractivity contribution >= 4 is 24.2 Å². The van der Waals surface area contributed by atoms with Crippen molar-refractivity contribution in [2.24, 2.45) is 17.8 Å². The zero-order valence-electron chi connectivity index (χ0n) is 57.7. The number of carbonyl (C=O) groups excluding carboxylic acids is 4. The first-order valence-corrected chi connectivity index (χ1v) is 34.4. The normalized spacial score (nSPS) is 48.9. The minimum Gasteiger partial charge on any atom is -0.410 e. The van der Waals surface area contributed by atoms with Crippen LogP contribution in [0.1, 0.15) is 47.5 Å². The molecule has 8 saturated heterocycles. The first-order valence-electron chi connectivity index (χ1n) is 34.4. The lowest BCUT2D eigenvalue weighted by atomic mass is 9.87. The van der Waals surface area contributed by atoms with Gasteiger partial charge < -0.3 is 199 Å². The Labute approximate surface area is 602 Å². The van der Waals surface area contributed by atoms with Crippen LogP contribution < -0.4 is 16.0 Å². The zero-order chi connectivity index (χ0) is 78.0. The van der Waals surface area contributed by atoms with Crippen molar-refractivity contribution in [1.82, 2.24) is 16.0 Å². The van der Waals surface area contributed by atoms with E-state index in [1.165, 1.54) is 13.8 Å². The first-order chi connectivity index (χ1) is 50.1. The summed E-state index contributed by atoms with van der Waals surface area (Å²) in [5.41, 5.74) is 0. The summed E-state index contributed by atoms with van der Waals surface area (Å²) < 4.78 is 94.8. The fourth-order valence-electron chi connectivity index (χ4n) is 14.7. The SMILES string of the molecule is CC(=O)NC1[C@H](OC2C(O)[C@H](O)C(CO)O[C@@H]2O[C@@H]2C(O)[C@H](O[C@@H]3C(CO)O[C@@H](O[C@@H]4C(CO)O[C@@H](C)C(NC(C)=O)[C@H]4O)C(NC(C)=O)[C@H]3O)OC(CO[C@H]3OC(CO)[C@@H](O)[C@H](O)C3CCO)[C@H]2O)OC(CO)[C@@H](O[C@@H]2OC3[C@@H]([C@H](O)C2O)C3(O)O[C@]2(OC=O)C[C@@H](O)[C@@H](C)C([C@H](O)[C@H](O)CO)O2)[C@@H]1O. The van der Waals surface area contributed by atoms with Crippen molar-refractivity contribution < 1.29 is 207 Å². The van der Waals surface area contributed by atoms with Crippen LogP contribution in [0.25, 0.3) is 0 Å². The second-order valence-electron chi connectivity index (χ2n) is 27.8. The maximum absolute atomic E-state index is 13.1. The maximum atomic E-state index is 13.1. The maximum Gasteiger partial charge on any atom is 0.334 e. The van der Waals surface area contributed by atoms with Crippen LogP contribution in [0.3, 0.4) is 0 Å². The number of rotatable bonds is 30. The predicted octanol–water partition coefficient (Wildman–Crippen LogP) is -15.8. The van der Waals surface area contributed by atoms with Crippen LogP contribution in [0.4, 0.5) is 0 Å². The van der Waals surface area contributed by atoms with Crippen LogP contribution >= 0.6 is 0 Å². The minimum absolute atomic E-state index is 0.224. The summed E-state index contributed by atoms with van der Waals surface area (Å²) in [6, 6.07) is -4.92. The molecular weight excluding hydrogens is 1450 g/mol. The van der Waals surface area contributed by atoms with Gasteiger partial charge in [-0.3, -0.25) is 23.9 Å². The zero-order valence-corrected chi connectivity index (χ0v) is 57.7. The third kappa shape index (κ3) is 18.1. The van der Waals surface area contributed by atoms with Crippen LogP contribution in [-0.4, -0.2) is 428 Å². The van der Waals surface area contributed by atoms with Crippen LogP contribution in [0.5, 0.6) is 0 Å². The lowest BCUT2D eigenvalue weighted by Crippen LogP contribution is -2.70. The molecule has 0 aromatic heterocycles. The van der Waals surface area contributed by atoms with Gasteiger partial charge in [-0.15, -0.1) is 0 Å². The van der Waals surface area contributed by atoms with Crippen LogP contribution in [0, 0.1) is 17.8 Å². The molecule has 8 aliphatic heterocycles. The molecule has 0 bridgehead atoms. The summed E-state index contributed by atoms with van der Waals surface area (Å²) in [5.74, 6) is -12.1. The topological polar surface area (TPSA) is 697 Å². The summed E-state index contributed by atoms with van der Waals surface area (Å²) in [6.45, 7) is -1.92. The molecule has 42 atom stereocenters. The Hall–Kier alpha value is -3.60. The molecule has 612 valence electrons. The summed E-state index contributed by atoms with van der Waals surface area (Å²) in [7, 11) is 0. The molecule has 0 spiro atoms. The minimum atomic E-state index is -2.83. The molecule has 0 aromatic carbocycles. The summed E-state index contributed by atoms with van der Waals surface area (Å²) >= 11 is 0. The molecule has 9 aliphatic rings. The molecule has 25 N–H and O–H groups in total. The smallest absolute Gasteiger partial charge is 0.334 e. The van der Waals surface area contributed by atoms with E-state index in [0.717, 1.165) is 20.8 Å². The van der Waals surface area contributed by atoms with E-state index in [4.69, 9.17) is 75.8 Å². The highest BCUT2D eigenvalue weighted by molar-refractivity contribution is 5.74. The lowest BCUT2D eigenvalue weighted by Gasteiger charge is -2.51. The van der Waals surface area contributed by atoms with Gasteiger partial charge in [0.2, 0.25) is 23.5 Å². The van der Waals surface area contributed by atoms with Crippen LogP contribution in [0.2, 0.25) is 0 Å². The Morgan fingerprint density at radius 1 is 0.491 bits per heavy atom. The first kappa shape index (κ1) is 86.4. The molecule has 9 rings (SSSR count). The van der Waals surface area contributed by atoms with Crippen molar-refractivity contribution in [2.45, 2.75) is 286 Å². The van der Waals surface area contributed by atoms with E-state index in [9.17, 15) is 132 Å². The molecule has 1 saturated carbocycles. The number of nitrogens with one attached hydrogen (secondary N) is 3. The Bertz CT molecular complexity index is 2840. The number of fused-ring (bicyclic) bond motifs is 1. The van der Waals surface area contributed by atoms with Gasteiger partial charge in [-0.05, 0) is 13.3 Å². The van der Waals surface area contributed by atoms with Gasteiger partial charge in [-0.25, -0.2) is 0 Å². The number of hydrogen-bond acceptors (Lipinski definition) is 42. The standard InChI is InChI=1S/C61H101N3O42/c1-17-23(76)8-60(92-16-72,105-47(17)36(79)24(77)9-66)106-61(90)31-40(83)45(88)57(104-53(31)61)100-49-28(13-70)97-56(34(43(49)86)64-21(5)75)103-52-44(87)38(81)26(11-68)95-59(52)102-51-39(82)30(15-91-54-22(6-7-65)35(78)37(80)25(10-67)94-54)98-58(46(51)89)101-50-29(14-71)96-55(33(42(50)85)63-20(4)74)99-48-27(12-69)93-18(2)32(41(48)84)62-19(3)73/h16-18,22-59,65-71,76-90H,6-15H2,1-5H3,(H,62,73)(H,63,74)(H,64,75)/t17-,18+,22?,23-,24-,25?,26?,27?,28?,29?,30?,31-,32?,33?,34?,35-,36-,37-,38-,39-,40+,41-,42-,43-,44?,45?,46?,47?,48-,49-,50-,51+,52?,53?,54+,55+,56+,57-,58+,59-,60+,61?/m1/s1. The quantitative estimate of drug-likeness (QED) is 0.0235. The molecule has 8 heterocycles. The number of aliphatic hydroxyl groups is 22. The largest absolute Gasteiger partial charge is 0.410 e. The fourth-order valence-corrected chi connectivity index (χ4v) is 14.7. The predicted molar refractivity (Wildman–Crippen MR) is 329 cm³/mol. The molecule has 0 radical (unpaired) electrons. The molecule has 9 fully saturated rings. The Kier molecular flexibility index (Phi) is 29.7. The highest BCUT2D eigenvalue weighted by Gasteiger charge is 2.78. The molecule has 1 aliphatic carbocycles. The fraction of sp³-hybridized carbons (Fsp3) is 0.934. The number of ether oxygens (including phenoxy) is 16. The third-order valence-electron chi connectivity index (χ3n) is 20.5. The number of aliphatic hydroxyl groups excluding tert-OH is 21. The molecule has 45 heteroatoms. The van der Waals surface area contributed by atoms with Crippen molar-refractivity contribution in [1.29, 1.82) is 0 Å². The van der Waals surface area contributed by atoms with Crippen LogP contribution in [-0.2, 0) is 95.0 Å². The van der Waals surface area contributed by atoms with E-state index in [-0.39, 0.29) is 12.9 Å². The van der Waals surface area contributed by atoms with E-state index >= 15 is 0 Å². The van der Waals surface area contributed by atoms with Gasteiger partial charge in [-0.1, -0.05) is 6.92 Å². The van der Waals surface area contributed by atoms with Gasteiger partial charge in [0.1, 0.15) is 152 Å². The summed E-state index contributed by atoms with van der Waals surface area (Å²) in [4.78, 5) is 50.0. The second-order valence-corrected chi connectivity index (χ2v) is 27.8. The van der Waals surface area contributed by atoms with E-state index < -0.39 is 333 Å². The third-order valence-corrected chi connectivity index (χ3v) is 20.5. The summed E-state index contributed by atoms with van der Waals surface area (Å²) in [6.07, 6.45) is -67.0. The second kappa shape index (κ2) is 36.5. The van der Waals surface area contributed by atoms with E-state index in [1.807, 2.05) is 0 Å². The Balaban J connectivity index is 0.985. The number of hydrogen-bond donors (Lipinski definition) is 25. The molecule has 45 nitrogen and oxygen atoms in total. The highest BCUT2D eigenvalue weighted by atomic mass is 16.9.